The summed E-state index contributed by atoms with van der Waals surface area (Å²) in [6, 6.07) is 8.93. The summed E-state index contributed by atoms with van der Waals surface area (Å²) in [5.74, 6) is 1.31. The summed E-state index contributed by atoms with van der Waals surface area (Å²) in [6.07, 6.45) is 10.3. The third kappa shape index (κ3) is 4.22. The SMILES string of the molecule is CC(C)C1=CC=C(/C=C/c2ccc(C(C)(C)C)cc2)CC1C. The van der Waals surface area contributed by atoms with Crippen molar-refractivity contribution in [3.8, 4) is 0 Å². The van der Waals surface area contributed by atoms with Gasteiger partial charge < -0.3 is 0 Å². The van der Waals surface area contributed by atoms with Gasteiger partial charge in [0.15, 0.2) is 0 Å². The molecule has 0 N–H and O–H groups in total. The van der Waals surface area contributed by atoms with Crippen LogP contribution in [0.4, 0.5) is 0 Å². The monoisotopic (exact) mass is 294 g/mol. The van der Waals surface area contributed by atoms with Crippen molar-refractivity contribution < 1.29 is 0 Å². The molecule has 1 aromatic carbocycles. The summed E-state index contributed by atoms with van der Waals surface area (Å²) in [4.78, 5) is 0. The minimum atomic E-state index is 0.224. The molecule has 118 valence electrons. The van der Waals surface area contributed by atoms with E-state index < -0.39 is 0 Å². The molecule has 22 heavy (non-hydrogen) atoms. The minimum absolute atomic E-state index is 0.224. The molecule has 0 bridgehead atoms. The van der Waals surface area contributed by atoms with Gasteiger partial charge in [-0.2, -0.15) is 0 Å². The number of hydrogen-bond donors (Lipinski definition) is 0. The highest BCUT2D eigenvalue weighted by molar-refractivity contribution is 5.54. The van der Waals surface area contributed by atoms with Gasteiger partial charge in [-0.05, 0) is 40.4 Å². The second-order valence-electron chi connectivity index (χ2n) is 7.87. The van der Waals surface area contributed by atoms with Crippen molar-refractivity contribution in [2.24, 2.45) is 11.8 Å². The highest BCUT2D eigenvalue weighted by Crippen LogP contribution is 2.30. The Labute approximate surface area is 136 Å². The van der Waals surface area contributed by atoms with Gasteiger partial charge in [0.25, 0.3) is 0 Å². The lowest BCUT2D eigenvalue weighted by Gasteiger charge is -2.23. The molecule has 0 radical (unpaired) electrons. The Morgan fingerprint density at radius 1 is 1.00 bits per heavy atom. The summed E-state index contributed by atoms with van der Waals surface area (Å²) in [6.45, 7) is 13.7. The molecule has 1 unspecified atom stereocenters. The summed E-state index contributed by atoms with van der Waals surface area (Å²) in [5, 5.41) is 0. The number of rotatable bonds is 3. The van der Waals surface area contributed by atoms with E-state index in [4.69, 9.17) is 0 Å². The van der Waals surface area contributed by atoms with E-state index in [1.54, 1.807) is 5.57 Å². The first-order valence-electron chi connectivity index (χ1n) is 8.46. The molecular formula is C22H30. The van der Waals surface area contributed by atoms with Crippen molar-refractivity contribution in [1.82, 2.24) is 0 Å². The van der Waals surface area contributed by atoms with Crippen LogP contribution in [0.25, 0.3) is 6.08 Å². The zero-order chi connectivity index (χ0) is 16.3. The molecule has 0 saturated heterocycles. The van der Waals surface area contributed by atoms with Gasteiger partial charge in [-0.1, -0.05) is 95.7 Å². The maximum absolute atomic E-state index is 2.34. The van der Waals surface area contributed by atoms with Gasteiger partial charge in [-0.25, -0.2) is 0 Å². The molecule has 0 saturated carbocycles. The largest absolute Gasteiger partial charge is 0.0645 e. The Hall–Kier alpha value is -1.56. The van der Waals surface area contributed by atoms with Crippen molar-refractivity contribution in [3.05, 3.63) is 64.8 Å². The van der Waals surface area contributed by atoms with Crippen LogP contribution >= 0.6 is 0 Å². The molecule has 0 spiro atoms. The van der Waals surface area contributed by atoms with Crippen LogP contribution in [-0.4, -0.2) is 0 Å². The van der Waals surface area contributed by atoms with Gasteiger partial charge in [0.2, 0.25) is 0 Å². The van der Waals surface area contributed by atoms with Gasteiger partial charge in [0, 0.05) is 0 Å². The molecule has 0 nitrogen and oxygen atoms in total. The topological polar surface area (TPSA) is 0 Å². The van der Waals surface area contributed by atoms with E-state index in [2.05, 4.69) is 90.1 Å². The fourth-order valence-corrected chi connectivity index (χ4v) is 3.09. The van der Waals surface area contributed by atoms with Crippen LogP contribution in [0.3, 0.4) is 0 Å². The van der Waals surface area contributed by atoms with Crippen LogP contribution in [0.5, 0.6) is 0 Å². The molecule has 0 heterocycles. The first-order valence-corrected chi connectivity index (χ1v) is 8.46. The summed E-state index contributed by atoms with van der Waals surface area (Å²) >= 11 is 0. The standard InChI is InChI=1S/C22H30/c1-16(2)21-14-11-19(15-17(21)3)8-7-18-9-12-20(13-10-18)22(4,5)6/h7-14,16-17H,15H2,1-6H3/b8-7+. The predicted molar refractivity (Wildman–Crippen MR) is 99.0 cm³/mol. The quantitative estimate of drug-likeness (QED) is 0.593. The average Bonchev–Trinajstić information content (AvgIpc) is 2.44. The number of allylic oxidation sites excluding steroid dienone is 5. The van der Waals surface area contributed by atoms with Crippen molar-refractivity contribution in [2.75, 3.05) is 0 Å². The summed E-state index contributed by atoms with van der Waals surface area (Å²) in [5.41, 5.74) is 5.89. The van der Waals surface area contributed by atoms with Gasteiger partial charge in [-0.3, -0.25) is 0 Å². The second-order valence-corrected chi connectivity index (χ2v) is 7.87. The van der Waals surface area contributed by atoms with Crippen LogP contribution < -0.4 is 0 Å². The zero-order valence-corrected chi connectivity index (χ0v) is 15.0. The zero-order valence-electron chi connectivity index (χ0n) is 15.0. The number of hydrogen-bond acceptors (Lipinski definition) is 0. The number of benzene rings is 1. The van der Waals surface area contributed by atoms with Gasteiger partial charge in [0.1, 0.15) is 0 Å². The molecule has 0 aromatic heterocycles. The van der Waals surface area contributed by atoms with E-state index in [1.807, 2.05) is 0 Å². The Bertz CT molecular complexity index is 586. The molecule has 1 aromatic rings. The third-order valence-electron chi connectivity index (χ3n) is 4.53. The Morgan fingerprint density at radius 3 is 2.14 bits per heavy atom. The molecule has 0 heteroatoms. The first-order chi connectivity index (χ1) is 10.3. The highest BCUT2D eigenvalue weighted by atomic mass is 14.2. The molecule has 1 atom stereocenters. The molecule has 1 aliphatic rings. The predicted octanol–water partition coefficient (Wildman–Crippen LogP) is 6.55. The van der Waals surface area contributed by atoms with E-state index in [1.165, 1.54) is 16.7 Å². The summed E-state index contributed by atoms with van der Waals surface area (Å²) < 4.78 is 0. The van der Waals surface area contributed by atoms with Crippen LogP contribution in [0, 0.1) is 11.8 Å². The fourth-order valence-electron chi connectivity index (χ4n) is 3.09. The Balaban J connectivity index is 2.10. The smallest absolute Gasteiger partial charge is 0.0132 e. The van der Waals surface area contributed by atoms with E-state index >= 15 is 0 Å². The normalized spacial score (nSPS) is 19.5. The van der Waals surface area contributed by atoms with Gasteiger partial charge in [0.05, 0.1) is 0 Å². The van der Waals surface area contributed by atoms with Crippen LogP contribution in [0.2, 0.25) is 0 Å². The first kappa shape index (κ1) is 16.8. The molecule has 0 fully saturated rings. The van der Waals surface area contributed by atoms with E-state index in [0.717, 1.165) is 6.42 Å². The maximum Gasteiger partial charge on any atom is -0.0132 e. The molecule has 0 aliphatic heterocycles. The summed E-state index contributed by atoms with van der Waals surface area (Å²) in [7, 11) is 0. The highest BCUT2D eigenvalue weighted by Gasteiger charge is 2.16. The molecular weight excluding hydrogens is 264 g/mol. The fraction of sp³-hybridized carbons (Fsp3) is 0.455. The Kier molecular flexibility index (Phi) is 5.11. The lowest BCUT2D eigenvalue weighted by molar-refractivity contribution is 0.575. The van der Waals surface area contributed by atoms with E-state index in [0.29, 0.717) is 11.8 Å². The van der Waals surface area contributed by atoms with Gasteiger partial charge in [-0.15, -0.1) is 0 Å². The van der Waals surface area contributed by atoms with Crippen LogP contribution in [0.15, 0.2) is 53.6 Å². The van der Waals surface area contributed by atoms with E-state index in [9.17, 15) is 0 Å². The van der Waals surface area contributed by atoms with Crippen LogP contribution in [0.1, 0.15) is 59.1 Å². The van der Waals surface area contributed by atoms with E-state index in [-0.39, 0.29) is 5.41 Å². The van der Waals surface area contributed by atoms with Crippen molar-refractivity contribution in [1.29, 1.82) is 0 Å². The molecule has 0 amide bonds. The molecule has 1 aliphatic carbocycles. The van der Waals surface area contributed by atoms with Crippen molar-refractivity contribution in [3.63, 3.8) is 0 Å². The van der Waals surface area contributed by atoms with Crippen LogP contribution in [-0.2, 0) is 5.41 Å². The second kappa shape index (κ2) is 6.69. The molecule has 2 rings (SSSR count). The minimum Gasteiger partial charge on any atom is -0.0645 e. The lowest BCUT2D eigenvalue weighted by atomic mass is 9.82. The van der Waals surface area contributed by atoms with Gasteiger partial charge >= 0.3 is 0 Å². The van der Waals surface area contributed by atoms with Crippen molar-refractivity contribution in [2.45, 2.75) is 53.4 Å². The Morgan fingerprint density at radius 2 is 1.64 bits per heavy atom. The van der Waals surface area contributed by atoms with Crippen molar-refractivity contribution >= 4 is 6.08 Å². The lowest BCUT2D eigenvalue weighted by Crippen LogP contribution is -2.10. The third-order valence-corrected chi connectivity index (χ3v) is 4.53. The average molecular weight is 294 g/mol. The maximum atomic E-state index is 2.34.